The van der Waals surface area contributed by atoms with Crippen LogP contribution in [0.4, 0.5) is 5.69 Å². The number of carbonyl (C=O) groups excluding carboxylic acids is 1. The third kappa shape index (κ3) is 4.62. The number of benzene rings is 2. The van der Waals surface area contributed by atoms with Gasteiger partial charge in [0.25, 0.3) is 5.91 Å². The molecule has 1 fully saturated rings. The molecule has 5 nitrogen and oxygen atoms in total. The largest absolute Gasteiger partial charge is 0.374 e. The molecule has 2 aliphatic heterocycles. The van der Waals surface area contributed by atoms with Crippen molar-refractivity contribution in [2.45, 2.75) is 18.9 Å². The molecular formula is C24H32N4O. The molecule has 2 aromatic rings. The van der Waals surface area contributed by atoms with E-state index in [0.29, 0.717) is 6.54 Å². The summed E-state index contributed by atoms with van der Waals surface area (Å²) < 4.78 is 0. The Hall–Kier alpha value is -2.37. The maximum Gasteiger partial charge on any atom is 0.251 e. The van der Waals surface area contributed by atoms with Crippen LogP contribution in [0.25, 0.3) is 0 Å². The van der Waals surface area contributed by atoms with Gasteiger partial charge in [-0.3, -0.25) is 9.69 Å². The first kappa shape index (κ1) is 19.9. The minimum Gasteiger partial charge on any atom is -0.374 e. The molecule has 5 heteroatoms. The fourth-order valence-electron chi connectivity index (χ4n) is 4.48. The van der Waals surface area contributed by atoms with E-state index >= 15 is 0 Å². The van der Waals surface area contributed by atoms with Crippen LogP contribution in [0.2, 0.25) is 0 Å². The zero-order chi connectivity index (χ0) is 20.2. The van der Waals surface area contributed by atoms with Crippen LogP contribution in [0, 0.1) is 0 Å². The summed E-state index contributed by atoms with van der Waals surface area (Å²) in [5, 5.41) is 3.19. The van der Waals surface area contributed by atoms with Gasteiger partial charge in [-0.15, -0.1) is 0 Å². The van der Waals surface area contributed by atoms with Crippen LogP contribution in [-0.2, 0) is 6.42 Å². The van der Waals surface area contributed by atoms with E-state index in [1.165, 1.54) is 23.2 Å². The highest BCUT2D eigenvalue weighted by Gasteiger charge is 2.26. The van der Waals surface area contributed by atoms with Crippen LogP contribution < -0.4 is 10.2 Å². The van der Waals surface area contributed by atoms with Crippen molar-refractivity contribution in [1.82, 2.24) is 15.1 Å². The second-order valence-electron chi connectivity index (χ2n) is 8.34. The van der Waals surface area contributed by atoms with Crippen molar-refractivity contribution in [1.29, 1.82) is 0 Å². The van der Waals surface area contributed by atoms with Crippen molar-refractivity contribution in [3.63, 3.8) is 0 Å². The van der Waals surface area contributed by atoms with E-state index in [1.54, 1.807) is 0 Å². The molecule has 2 aliphatic rings. The van der Waals surface area contributed by atoms with Gasteiger partial charge in [-0.25, -0.2) is 0 Å². The Balaban J connectivity index is 1.54. The Morgan fingerprint density at radius 3 is 2.52 bits per heavy atom. The molecule has 4 rings (SSSR count). The van der Waals surface area contributed by atoms with Crippen LogP contribution in [0.1, 0.15) is 33.9 Å². The standard InChI is InChI=1S/C24H32N4O/c1-26-13-15-28(16-14-26)23(18-25-24(29)19-7-4-3-5-8-19)21-10-11-22-20(17-21)9-6-12-27(22)2/h3-5,7-8,10-11,17,23H,6,9,12-16,18H2,1-2H3,(H,25,29)/t23-/m0/s1. The lowest BCUT2D eigenvalue weighted by Gasteiger charge is -2.39. The SMILES string of the molecule is CN1CCN([C@@H](CNC(=O)c2ccccc2)c2ccc3c(c2)CCCN3C)CC1. The Labute approximate surface area is 174 Å². The van der Waals surface area contributed by atoms with Gasteiger partial charge in [0.1, 0.15) is 0 Å². The van der Waals surface area contributed by atoms with E-state index in [1.807, 2.05) is 30.3 Å². The van der Waals surface area contributed by atoms with Gasteiger partial charge in [0.15, 0.2) is 0 Å². The minimum absolute atomic E-state index is 0.00224. The van der Waals surface area contributed by atoms with E-state index in [-0.39, 0.29) is 11.9 Å². The minimum atomic E-state index is 0.00224. The van der Waals surface area contributed by atoms with Crippen molar-refractivity contribution < 1.29 is 4.79 Å². The van der Waals surface area contributed by atoms with Crippen LogP contribution >= 0.6 is 0 Å². The molecule has 0 bridgehead atoms. The molecular weight excluding hydrogens is 360 g/mol. The molecule has 0 unspecified atom stereocenters. The van der Waals surface area contributed by atoms with Gasteiger partial charge in [-0.05, 0) is 49.2 Å². The van der Waals surface area contributed by atoms with Gasteiger partial charge >= 0.3 is 0 Å². The zero-order valence-electron chi connectivity index (χ0n) is 17.6. The molecule has 0 aliphatic carbocycles. The normalized spacial score (nSPS) is 18.9. The van der Waals surface area contributed by atoms with Crippen LogP contribution in [0.5, 0.6) is 0 Å². The number of aryl methyl sites for hydroxylation is 1. The maximum atomic E-state index is 12.6. The number of carbonyl (C=O) groups is 1. The quantitative estimate of drug-likeness (QED) is 0.849. The highest BCUT2D eigenvalue weighted by atomic mass is 16.1. The van der Waals surface area contributed by atoms with Crippen molar-refractivity contribution in [3.05, 3.63) is 65.2 Å². The van der Waals surface area contributed by atoms with Crippen LogP contribution in [-0.4, -0.2) is 69.1 Å². The number of amides is 1. The number of hydrogen-bond acceptors (Lipinski definition) is 4. The highest BCUT2D eigenvalue weighted by molar-refractivity contribution is 5.94. The van der Waals surface area contributed by atoms with Crippen molar-refractivity contribution >= 4 is 11.6 Å². The van der Waals surface area contributed by atoms with Gasteiger partial charge in [0.2, 0.25) is 0 Å². The maximum absolute atomic E-state index is 12.6. The zero-order valence-corrected chi connectivity index (χ0v) is 17.6. The molecule has 0 saturated carbocycles. The van der Waals surface area contributed by atoms with Crippen LogP contribution in [0.15, 0.2) is 48.5 Å². The molecule has 0 aromatic heterocycles. The number of anilines is 1. The number of hydrogen-bond donors (Lipinski definition) is 1. The lowest BCUT2D eigenvalue weighted by molar-refractivity contribution is 0.0886. The van der Waals surface area contributed by atoms with Gasteiger partial charge in [-0.2, -0.15) is 0 Å². The summed E-state index contributed by atoms with van der Waals surface area (Å²) in [6.07, 6.45) is 2.34. The molecule has 2 heterocycles. The molecule has 2 aromatic carbocycles. The van der Waals surface area contributed by atoms with Crippen molar-refractivity contribution in [2.24, 2.45) is 0 Å². The Kier molecular flexibility index (Phi) is 6.16. The lowest BCUT2D eigenvalue weighted by Crippen LogP contribution is -2.48. The second kappa shape index (κ2) is 8.97. The average molecular weight is 393 g/mol. The smallest absolute Gasteiger partial charge is 0.251 e. The molecule has 0 radical (unpaired) electrons. The molecule has 1 atom stereocenters. The van der Waals surface area contributed by atoms with E-state index in [2.05, 4.69) is 52.3 Å². The van der Waals surface area contributed by atoms with Gasteiger partial charge in [-0.1, -0.05) is 30.3 Å². The summed E-state index contributed by atoms with van der Waals surface area (Å²) in [4.78, 5) is 19.9. The summed E-state index contributed by atoms with van der Waals surface area (Å²) in [7, 11) is 4.36. The van der Waals surface area contributed by atoms with Crippen molar-refractivity contribution in [3.8, 4) is 0 Å². The average Bonchev–Trinajstić information content (AvgIpc) is 2.75. The molecule has 1 saturated heterocycles. The van der Waals surface area contributed by atoms with Gasteiger partial charge in [0, 0.05) is 57.6 Å². The number of rotatable bonds is 5. The number of piperazine rings is 1. The molecule has 154 valence electrons. The molecule has 1 N–H and O–H groups in total. The van der Waals surface area contributed by atoms with Gasteiger partial charge < -0.3 is 15.1 Å². The summed E-state index contributed by atoms with van der Waals surface area (Å²) in [5.74, 6) is 0.00224. The first-order valence-corrected chi connectivity index (χ1v) is 10.7. The fraction of sp³-hybridized carbons (Fsp3) is 0.458. The van der Waals surface area contributed by atoms with Crippen molar-refractivity contribution in [2.75, 3.05) is 58.3 Å². The van der Waals surface area contributed by atoms with Gasteiger partial charge in [0.05, 0.1) is 6.04 Å². The third-order valence-corrected chi connectivity index (χ3v) is 6.31. The monoisotopic (exact) mass is 392 g/mol. The Morgan fingerprint density at radius 1 is 1.00 bits per heavy atom. The van der Waals surface area contributed by atoms with Crippen LogP contribution in [0.3, 0.4) is 0 Å². The van der Waals surface area contributed by atoms with E-state index in [0.717, 1.165) is 44.7 Å². The number of nitrogens with one attached hydrogen (secondary N) is 1. The molecule has 1 amide bonds. The highest BCUT2D eigenvalue weighted by Crippen LogP contribution is 2.31. The number of likely N-dealkylation sites (N-methyl/N-ethyl adjacent to an activating group) is 1. The Morgan fingerprint density at radius 2 is 1.76 bits per heavy atom. The topological polar surface area (TPSA) is 38.8 Å². The Bertz CT molecular complexity index is 830. The molecule has 0 spiro atoms. The second-order valence-corrected chi connectivity index (χ2v) is 8.34. The summed E-state index contributed by atoms with van der Waals surface area (Å²) >= 11 is 0. The summed E-state index contributed by atoms with van der Waals surface area (Å²) in [6, 6.07) is 16.6. The first-order chi connectivity index (χ1) is 14.1. The lowest BCUT2D eigenvalue weighted by atomic mass is 9.95. The summed E-state index contributed by atoms with van der Waals surface area (Å²) in [5.41, 5.74) is 4.82. The number of nitrogens with zero attached hydrogens (tertiary/aromatic N) is 3. The molecule has 29 heavy (non-hydrogen) atoms. The van der Waals surface area contributed by atoms with E-state index in [4.69, 9.17) is 0 Å². The number of fused-ring (bicyclic) bond motifs is 1. The van der Waals surface area contributed by atoms with E-state index < -0.39 is 0 Å². The summed E-state index contributed by atoms with van der Waals surface area (Å²) in [6.45, 7) is 5.94. The predicted molar refractivity (Wildman–Crippen MR) is 119 cm³/mol. The first-order valence-electron chi connectivity index (χ1n) is 10.7. The predicted octanol–water partition coefficient (Wildman–Crippen LogP) is 2.79. The van der Waals surface area contributed by atoms with E-state index in [9.17, 15) is 4.79 Å². The third-order valence-electron chi connectivity index (χ3n) is 6.31. The fourth-order valence-corrected chi connectivity index (χ4v) is 4.48.